The van der Waals surface area contributed by atoms with E-state index in [1.54, 1.807) is 7.05 Å². The zero-order chi connectivity index (χ0) is 14.7. The van der Waals surface area contributed by atoms with Crippen LogP contribution in [0, 0.1) is 11.8 Å². The number of carboxylic acid groups (broad SMARTS) is 1. The van der Waals surface area contributed by atoms with Crippen LogP contribution in [0.25, 0.3) is 0 Å². The predicted octanol–water partition coefficient (Wildman–Crippen LogP) is 0.276. The molecule has 0 aromatic heterocycles. The minimum absolute atomic E-state index is 0.0930. The molecule has 1 N–H and O–H groups in total. The summed E-state index contributed by atoms with van der Waals surface area (Å²) in [7, 11) is 1.81. The average Bonchev–Trinajstić information content (AvgIpc) is 2.88. The molecule has 114 valence electrons. The number of rotatable bonds is 4. The van der Waals surface area contributed by atoms with Gasteiger partial charge in [-0.15, -0.1) is 0 Å². The topological polar surface area (TPSA) is 70.1 Å². The van der Waals surface area contributed by atoms with Crippen LogP contribution in [-0.4, -0.2) is 72.7 Å². The molecule has 0 bridgehead atoms. The van der Waals surface area contributed by atoms with Crippen molar-refractivity contribution in [2.24, 2.45) is 11.8 Å². The van der Waals surface area contributed by atoms with Gasteiger partial charge < -0.3 is 14.7 Å². The molecule has 0 aromatic carbocycles. The molecule has 2 rings (SSSR count). The van der Waals surface area contributed by atoms with Crippen LogP contribution < -0.4 is 0 Å². The summed E-state index contributed by atoms with van der Waals surface area (Å²) in [5.74, 6) is -0.598. The number of piperidine rings is 1. The number of likely N-dealkylation sites (tertiary alicyclic amines) is 1. The lowest BCUT2D eigenvalue weighted by Gasteiger charge is -2.33. The zero-order valence-electron chi connectivity index (χ0n) is 12.2. The number of carbonyl (C=O) groups is 2. The third kappa shape index (κ3) is 3.49. The Morgan fingerprint density at radius 2 is 1.95 bits per heavy atom. The molecular formula is C14H24N2O4. The molecule has 2 aliphatic rings. The first-order valence-electron chi connectivity index (χ1n) is 7.27. The normalized spacial score (nSPS) is 28.1. The molecule has 2 fully saturated rings. The monoisotopic (exact) mass is 284 g/mol. The van der Waals surface area contributed by atoms with Crippen molar-refractivity contribution in [3.05, 3.63) is 0 Å². The number of carbonyl (C=O) groups excluding carboxylic acids is 1. The quantitative estimate of drug-likeness (QED) is 0.803. The Labute approximate surface area is 119 Å². The summed E-state index contributed by atoms with van der Waals surface area (Å²) in [5, 5.41) is 9.14. The third-order valence-electron chi connectivity index (χ3n) is 4.45. The Morgan fingerprint density at radius 1 is 1.30 bits per heavy atom. The Kier molecular flexibility index (Phi) is 4.99. The van der Waals surface area contributed by atoms with Crippen molar-refractivity contribution in [3.63, 3.8) is 0 Å². The van der Waals surface area contributed by atoms with Crippen molar-refractivity contribution in [1.29, 1.82) is 0 Å². The average molecular weight is 284 g/mol. The van der Waals surface area contributed by atoms with Gasteiger partial charge in [0.05, 0.1) is 25.7 Å². The number of aliphatic carboxylic acids is 1. The van der Waals surface area contributed by atoms with Gasteiger partial charge in [0, 0.05) is 19.1 Å². The standard InChI is InChI=1S/C14H24N2O4/c1-10-3-5-16(6-4-10)13(17)7-15(2)12-9-20-8-11(12)14(18)19/h10-12H,3-9H2,1-2H3,(H,18,19). The lowest BCUT2D eigenvalue weighted by atomic mass is 9.99. The molecule has 0 spiro atoms. The van der Waals surface area contributed by atoms with Crippen molar-refractivity contribution < 1.29 is 19.4 Å². The minimum Gasteiger partial charge on any atom is -0.481 e. The summed E-state index contributed by atoms with van der Waals surface area (Å²) < 4.78 is 5.25. The van der Waals surface area contributed by atoms with E-state index in [0.29, 0.717) is 12.5 Å². The van der Waals surface area contributed by atoms with Crippen LogP contribution in [0.3, 0.4) is 0 Å². The highest BCUT2D eigenvalue weighted by atomic mass is 16.5. The van der Waals surface area contributed by atoms with Crippen molar-refractivity contribution in [2.75, 3.05) is 39.9 Å². The second kappa shape index (κ2) is 6.54. The van der Waals surface area contributed by atoms with E-state index in [0.717, 1.165) is 25.9 Å². The maximum absolute atomic E-state index is 12.2. The van der Waals surface area contributed by atoms with E-state index in [1.807, 2.05) is 9.80 Å². The summed E-state index contributed by atoms with van der Waals surface area (Å²) in [4.78, 5) is 27.1. The van der Waals surface area contributed by atoms with Crippen LogP contribution in [0.2, 0.25) is 0 Å². The highest BCUT2D eigenvalue weighted by Crippen LogP contribution is 2.20. The van der Waals surface area contributed by atoms with E-state index in [-0.39, 0.29) is 25.1 Å². The van der Waals surface area contributed by atoms with Gasteiger partial charge in [0.25, 0.3) is 0 Å². The Bertz CT molecular complexity index is 366. The number of hydrogen-bond donors (Lipinski definition) is 1. The lowest BCUT2D eigenvalue weighted by molar-refractivity contribution is -0.144. The smallest absolute Gasteiger partial charge is 0.310 e. The summed E-state index contributed by atoms with van der Waals surface area (Å²) >= 11 is 0. The van der Waals surface area contributed by atoms with E-state index in [9.17, 15) is 9.59 Å². The van der Waals surface area contributed by atoms with Crippen LogP contribution >= 0.6 is 0 Å². The minimum atomic E-state index is -0.849. The molecule has 1 amide bonds. The maximum atomic E-state index is 12.2. The second-order valence-electron chi connectivity index (χ2n) is 6.03. The molecule has 2 saturated heterocycles. The van der Waals surface area contributed by atoms with Gasteiger partial charge in [-0.1, -0.05) is 6.92 Å². The van der Waals surface area contributed by atoms with Gasteiger partial charge in [0.15, 0.2) is 0 Å². The van der Waals surface area contributed by atoms with Gasteiger partial charge in [0.1, 0.15) is 0 Å². The molecule has 2 aliphatic heterocycles. The number of ether oxygens (including phenoxy) is 1. The SMILES string of the molecule is CC1CCN(C(=O)CN(C)C2COCC2C(=O)O)CC1. The Morgan fingerprint density at radius 3 is 2.55 bits per heavy atom. The van der Waals surface area contributed by atoms with Gasteiger partial charge in [-0.3, -0.25) is 14.5 Å². The highest BCUT2D eigenvalue weighted by Gasteiger charge is 2.37. The van der Waals surface area contributed by atoms with Crippen LogP contribution in [-0.2, 0) is 14.3 Å². The highest BCUT2D eigenvalue weighted by molar-refractivity contribution is 5.78. The van der Waals surface area contributed by atoms with Crippen LogP contribution in [0.4, 0.5) is 0 Å². The molecule has 2 heterocycles. The fourth-order valence-electron chi connectivity index (χ4n) is 2.90. The summed E-state index contributed by atoms with van der Waals surface area (Å²) in [6.07, 6.45) is 2.11. The van der Waals surface area contributed by atoms with Crippen molar-refractivity contribution >= 4 is 11.9 Å². The molecular weight excluding hydrogens is 260 g/mol. The van der Waals surface area contributed by atoms with E-state index < -0.39 is 11.9 Å². The van der Waals surface area contributed by atoms with E-state index in [1.165, 1.54) is 0 Å². The number of carboxylic acids is 1. The Balaban J connectivity index is 1.86. The summed E-state index contributed by atoms with van der Waals surface area (Å²) in [6.45, 7) is 4.74. The van der Waals surface area contributed by atoms with Gasteiger partial charge in [-0.25, -0.2) is 0 Å². The molecule has 2 unspecified atom stereocenters. The first-order valence-corrected chi connectivity index (χ1v) is 7.27. The molecule has 0 aromatic rings. The van der Waals surface area contributed by atoms with Crippen molar-refractivity contribution in [2.45, 2.75) is 25.8 Å². The van der Waals surface area contributed by atoms with Crippen LogP contribution in [0.15, 0.2) is 0 Å². The molecule has 2 atom stereocenters. The lowest BCUT2D eigenvalue weighted by Crippen LogP contribution is -2.48. The van der Waals surface area contributed by atoms with Crippen molar-refractivity contribution in [1.82, 2.24) is 9.80 Å². The van der Waals surface area contributed by atoms with E-state index in [4.69, 9.17) is 9.84 Å². The van der Waals surface area contributed by atoms with E-state index >= 15 is 0 Å². The number of likely N-dealkylation sites (N-methyl/N-ethyl adjacent to an activating group) is 1. The molecule has 0 aliphatic carbocycles. The summed E-state index contributed by atoms with van der Waals surface area (Å²) in [6, 6.07) is -0.208. The van der Waals surface area contributed by atoms with Crippen LogP contribution in [0.1, 0.15) is 19.8 Å². The molecule has 6 heteroatoms. The van der Waals surface area contributed by atoms with Gasteiger partial charge >= 0.3 is 5.97 Å². The predicted molar refractivity (Wildman–Crippen MR) is 73.3 cm³/mol. The summed E-state index contributed by atoms with van der Waals surface area (Å²) in [5.41, 5.74) is 0. The van der Waals surface area contributed by atoms with Gasteiger partial charge in [-0.2, -0.15) is 0 Å². The fraction of sp³-hybridized carbons (Fsp3) is 0.857. The van der Waals surface area contributed by atoms with Crippen molar-refractivity contribution in [3.8, 4) is 0 Å². The maximum Gasteiger partial charge on any atom is 0.310 e. The first kappa shape index (κ1) is 15.3. The Hall–Kier alpha value is -1.14. The number of hydrogen-bond acceptors (Lipinski definition) is 4. The molecule has 20 heavy (non-hydrogen) atoms. The number of nitrogens with zero attached hydrogens (tertiary/aromatic N) is 2. The zero-order valence-corrected chi connectivity index (χ0v) is 12.2. The second-order valence-corrected chi connectivity index (χ2v) is 6.03. The van der Waals surface area contributed by atoms with Gasteiger partial charge in [0.2, 0.25) is 5.91 Å². The molecule has 0 saturated carbocycles. The fourth-order valence-corrected chi connectivity index (χ4v) is 2.90. The van der Waals surface area contributed by atoms with Gasteiger partial charge in [-0.05, 0) is 25.8 Å². The first-order chi connectivity index (χ1) is 9.49. The molecule has 6 nitrogen and oxygen atoms in total. The third-order valence-corrected chi connectivity index (χ3v) is 4.45. The van der Waals surface area contributed by atoms with E-state index in [2.05, 4.69) is 6.92 Å². The largest absolute Gasteiger partial charge is 0.481 e. The van der Waals surface area contributed by atoms with Crippen LogP contribution in [0.5, 0.6) is 0 Å². The number of amides is 1. The molecule has 0 radical (unpaired) electrons.